The second-order valence-corrected chi connectivity index (χ2v) is 13.0. The molecule has 4 aliphatic rings. The molecule has 6 rings (SSSR count). The van der Waals surface area contributed by atoms with Crippen molar-refractivity contribution >= 4 is 35.6 Å². The standard InChI is InChI=1S/C38H46N4O6/c1-25-15-27-21-39-31-19-35(33(45-3)17-29(31)37(43)41(27)23-25)47-13-11-9-7-5-6-8-10-12-14-48-36-20-32-30(18-34(36)46-4)38(44)42-24-26(2)16-28(42)22-40-32/h17-22,27-28H,1-2,5-16,23-24H2,3-4H3/t27-,28-/m0/s1. The monoisotopic (exact) mass is 654 g/mol. The first-order chi connectivity index (χ1) is 23.4. The van der Waals surface area contributed by atoms with Crippen LogP contribution in [-0.2, 0) is 0 Å². The predicted molar refractivity (Wildman–Crippen MR) is 187 cm³/mol. The first-order valence-electron chi connectivity index (χ1n) is 17.1. The number of carbonyl (C=O) groups excluding carboxylic acids is 2. The molecule has 0 spiro atoms. The largest absolute Gasteiger partial charge is 0.493 e. The second-order valence-electron chi connectivity index (χ2n) is 13.0. The van der Waals surface area contributed by atoms with Crippen molar-refractivity contribution in [1.29, 1.82) is 0 Å². The Morgan fingerprint density at radius 2 is 1.02 bits per heavy atom. The number of aliphatic imine (C=N–C) groups is 2. The molecule has 2 aromatic carbocycles. The lowest BCUT2D eigenvalue weighted by molar-refractivity contribution is 0.0769. The van der Waals surface area contributed by atoms with E-state index in [0.29, 0.717) is 71.8 Å². The quantitative estimate of drug-likeness (QED) is 0.148. The highest BCUT2D eigenvalue weighted by Crippen LogP contribution is 2.40. The number of rotatable bonds is 15. The third-order valence-electron chi connectivity index (χ3n) is 9.46. The third-order valence-corrected chi connectivity index (χ3v) is 9.46. The van der Waals surface area contributed by atoms with Gasteiger partial charge in [-0.2, -0.15) is 0 Å². The molecule has 4 heterocycles. The molecule has 0 aliphatic carbocycles. The van der Waals surface area contributed by atoms with Crippen LogP contribution in [0.3, 0.4) is 0 Å². The average molecular weight is 655 g/mol. The van der Waals surface area contributed by atoms with Crippen molar-refractivity contribution in [2.24, 2.45) is 9.98 Å². The molecule has 10 heteroatoms. The Labute approximate surface area is 283 Å². The summed E-state index contributed by atoms with van der Waals surface area (Å²) in [5.74, 6) is 2.24. The molecule has 0 saturated carbocycles. The van der Waals surface area contributed by atoms with Crippen LogP contribution in [0, 0.1) is 0 Å². The Hall–Kier alpha value is -4.60. The van der Waals surface area contributed by atoms with Gasteiger partial charge in [0, 0.05) is 37.7 Å². The van der Waals surface area contributed by atoms with Gasteiger partial charge in [0.2, 0.25) is 0 Å². The molecule has 2 fully saturated rings. The van der Waals surface area contributed by atoms with Crippen LogP contribution < -0.4 is 18.9 Å². The number of methoxy groups -OCH3 is 2. The smallest absolute Gasteiger partial charge is 0.257 e. The maximum absolute atomic E-state index is 13.2. The summed E-state index contributed by atoms with van der Waals surface area (Å²) in [7, 11) is 3.19. The van der Waals surface area contributed by atoms with Gasteiger partial charge >= 0.3 is 0 Å². The molecule has 0 radical (unpaired) electrons. The van der Waals surface area contributed by atoms with Gasteiger partial charge in [-0.05, 0) is 37.8 Å². The highest BCUT2D eigenvalue weighted by atomic mass is 16.5. The van der Waals surface area contributed by atoms with Gasteiger partial charge in [-0.1, -0.05) is 62.8 Å². The van der Waals surface area contributed by atoms with Crippen molar-refractivity contribution in [3.05, 3.63) is 59.7 Å². The first kappa shape index (κ1) is 33.3. The van der Waals surface area contributed by atoms with Crippen LogP contribution in [0.25, 0.3) is 0 Å². The number of amides is 2. The van der Waals surface area contributed by atoms with E-state index in [4.69, 9.17) is 18.9 Å². The molecule has 0 N–H and O–H groups in total. The molecule has 254 valence electrons. The number of benzene rings is 2. The summed E-state index contributed by atoms with van der Waals surface area (Å²) in [6, 6.07) is 7.06. The van der Waals surface area contributed by atoms with Gasteiger partial charge in [0.25, 0.3) is 11.8 Å². The number of unbranched alkanes of at least 4 members (excludes halogenated alkanes) is 7. The van der Waals surface area contributed by atoms with Crippen molar-refractivity contribution in [3.63, 3.8) is 0 Å². The molecule has 2 aromatic rings. The fraction of sp³-hybridized carbons (Fsp3) is 0.474. The molecule has 10 nitrogen and oxygen atoms in total. The highest BCUT2D eigenvalue weighted by Gasteiger charge is 2.35. The van der Waals surface area contributed by atoms with Gasteiger partial charge in [-0.25, -0.2) is 0 Å². The van der Waals surface area contributed by atoms with Crippen LogP contribution in [0.4, 0.5) is 11.4 Å². The average Bonchev–Trinajstić information content (AvgIpc) is 3.60. The van der Waals surface area contributed by atoms with Crippen molar-refractivity contribution in [3.8, 4) is 23.0 Å². The summed E-state index contributed by atoms with van der Waals surface area (Å²) >= 11 is 0. The van der Waals surface area contributed by atoms with E-state index in [-0.39, 0.29) is 23.9 Å². The van der Waals surface area contributed by atoms with E-state index >= 15 is 0 Å². The van der Waals surface area contributed by atoms with Crippen LogP contribution in [0.2, 0.25) is 0 Å². The topological polar surface area (TPSA) is 102 Å². The van der Waals surface area contributed by atoms with Gasteiger partial charge in [-0.3, -0.25) is 19.6 Å². The SMILES string of the molecule is C=C1C[C@H]2C=Nc3cc(OCCCCCCCCCCOc4cc5c(cc4OC)C(=O)N4CC(=C)C[C@H]4C=N5)c(OC)cc3C(=O)N2C1. The maximum atomic E-state index is 13.2. The van der Waals surface area contributed by atoms with Crippen LogP contribution in [-0.4, -0.2) is 86.6 Å². The Morgan fingerprint density at radius 1 is 0.625 bits per heavy atom. The summed E-state index contributed by atoms with van der Waals surface area (Å²) in [6.07, 6.45) is 13.9. The number of carbonyl (C=O) groups is 2. The van der Waals surface area contributed by atoms with Gasteiger partial charge in [0.15, 0.2) is 23.0 Å². The fourth-order valence-corrected chi connectivity index (χ4v) is 6.84. The van der Waals surface area contributed by atoms with Crippen molar-refractivity contribution in [2.75, 3.05) is 40.5 Å². The van der Waals surface area contributed by atoms with E-state index < -0.39 is 0 Å². The van der Waals surface area contributed by atoms with E-state index in [1.165, 1.54) is 12.8 Å². The lowest BCUT2D eigenvalue weighted by Crippen LogP contribution is -2.35. The number of hydrogen-bond donors (Lipinski definition) is 0. The summed E-state index contributed by atoms with van der Waals surface area (Å²) in [4.78, 5) is 39.2. The Balaban J connectivity index is 0.871. The molecule has 2 saturated heterocycles. The molecule has 48 heavy (non-hydrogen) atoms. The Bertz CT molecular complexity index is 1510. The fourth-order valence-electron chi connectivity index (χ4n) is 6.84. The summed E-state index contributed by atoms with van der Waals surface area (Å²) in [6.45, 7) is 10.4. The molecule has 0 bridgehead atoms. The Morgan fingerprint density at radius 3 is 1.42 bits per heavy atom. The van der Waals surface area contributed by atoms with Crippen LogP contribution in [0.5, 0.6) is 23.0 Å². The highest BCUT2D eigenvalue weighted by molar-refractivity contribution is 6.04. The zero-order chi connectivity index (χ0) is 33.6. The minimum absolute atomic E-state index is 0.0418. The Kier molecular flexibility index (Phi) is 10.5. The molecule has 2 amide bonds. The number of fused-ring (bicyclic) bond motifs is 4. The van der Waals surface area contributed by atoms with E-state index in [0.717, 1.165) is 62.5 Å². The zero-order valence-corrected chi connectivity index (χ0v) is 28.2. The third kappa shape index (κ3) is 7.27. The van der Waals surface area contributed by atoms with Crippen molar-refractivity contribution in [2.45, 2.75) is 76.3 Å². The molecule has 0 unspecified atom stereocenters. The second kappa shape index (κ2) is 15.1. The number of hydrogen-bond acceptors (Lipinski definition) is 8. The first-order valence-corrected chi connectivity index (χ1v) is 17.1. The minimum atomic E-state index is -0.0461. The normalized spacial score (nSPS) is 19.5. The van der Waals surface area contributed by atoms with E-state index in [2.05, 4.69) is 23.1 Å². The molecular formula is C38H46N4O6. The van der Waals surface area contributed by atoms with Crippen LogP contribution in [0.15, 0.2) is 58.6 Å². The van der Waals surface area contributed by atoms with Crippen molar-refractivity contribution < 1.29 is 28.5 Å². The number of nitrogens with zero attached hydrogens (tertiary/aromatic N) is 4. The maximum Gasteiger partial charge on any atom is 0.257 e. The van der Waals surface area contributed by atoms with Crippen molar-refractivity contribution in [1.82, 2.24) is 9.80 Å². The van der Waals surface area contributed by atoms with Crippen LogP contribution >= 0.6 is 0 Å². The van der Waals surface area contributed by atoms with Gasteiger partial charge in [-0.15, -0.1) is 0 Å². The molecule has 0 aromatic heterocycles. The molecule has 4 aliphatic heterocycles. The van der Waals surface area contributed by atoms with Gasteiger partial charge in [0.05, 0.1) is 62.0 Å². The summed E-state index contributed by atoms with van der Waals surface area (Å²) in [5.41, 5.74) is 4.40. The van der Waals surface area contributed by atoms with E-state index in [1.807, 2.05) is 34.4 Å². The lowest BCUT2D eigenvalue weighted by atomic mass is 10.1. The predicted octanol–water partition coefficient (Wildman–Crippen LogP) is 7.26. The minimum Gasteiger partial charge on any atom is -0.493 e. The van der Waals surface area contributed by atoms with E-state index in [9.17, 15) is 9.59 Å². The molecule has 2 atom stereocenters. The summed E-state index contributed by atoms with van der Waals surface area (Å²) < 4.78 is 23.3. The van der Waals surface area contributed by atoms with Gasteiger partial charge < -0.3 is 28.7 Å². The van der Waals surface area contributed by atoms with E-state index in [1.54, 1.807) is 26.4 Å². The lowest BCUT2D eigenvalue weighted by Gasteiger charge is -2.20. The van der Waals surface area contributed by atoms with Gasteiger partial charge in [0.1, 0.15) is 0 Å². The zero-order valence-electron chi connectivity index (χ0n) is 28.2. The number of ether oxygens (including phenoxy) is 4. The van der Waals surface area contributed by atoms with Crippen LogP contribution in [0.1, 0.15) is 84.9 Å². The molecular weight excluding hydrogens is 608 g/mol. The summed E-state index contributed by atoms with van der Waals surface area (Å²) in [5, 5.41) is 0.